The summed E-state index contributed by atoms with van der Waals surface area (Å²) in [6.45, 7) is 1.98. The van der Waals surface area contributed by atoms with Crippen LogP contribution in [0.5, 0.6) is 0 Å². The van der Waals surface area contributed by atoms with E-state index in [4.69, 9.17) is 23.2 Å². The Morgan fingerprint density at radius 2 is 1.76 bits per heavy atom. The van der Waals surface area contributed by atoms with Crippen molar-refractivity contribution in [2.24, 2.45) is 0 Å². The zero-order valence-corrected chi connectivity index (χ0v) is 12.9. The molecule has 3 rings (SSSR count). The smallest absolute Gasteiger partial charge is 0.316 e. The van der Waals surface area contributed by atoms with Gasteiger partial charge in [0.15, 0.2) is 0 Å². The minimum absolute atomic E-state index is 0.194. The lowest BCUT2D eigenvalue weighted by Gasteiger charge is -2.31. The molecule has 2 aromatic carbocycles. The van der Waals surface area contributed by atoms with Crippen molar-refractivity contribution in [1.29, 1.82) is 0 Å². The molecule has 1 heterocycles. The van der Waals surface area contributed by atoms with Gasteiger partial charge in [-0.2, -0.15) is 0 Å². The number of benzene rings is 2. The number of hydrogen-bond acceptors (Lipinski definition) is 1. The molecule has 0 spiro atoms. The van der Waals surface area contributed by atoms with E-state index in [9.17, 15) is 4.79 Å². The largest absolute Gasteiger partial charge is 0.329 e. The summed E-state index contributed by atoms with van der Waals surface area (Å²) >= 11 is 12.0. The molecule has 1 fully saturated rings. The van der Waals surface area contributed by atoms with Gasteiger partial charge in [-0.05, 0) is 42.3 Å². The highest BCUT2D eigenvalue weighted by Gasteiger charge is 2.44. The van der Waals surface area contributed by atoms with Gasteiger partial charge in [0.1, 0.15) is 0 Å². The normalized spacial score (nSPS) is 24.5. The van der Waals surface area contributed by atoms with Crippen LogP contribution in [0.2, 0.25) is 10.0 Å². The molecule has 5 heteroatoms. The van der Waals surface area contributed by atoms with E-state index < -0.39 is 5.54 Å². The Balaban J connectivity index is 2.06. The molecule has 0 radical (unpaired) electrons. The Morgan fingerprint density at radius 1 is 1.05 bits per heavy atom. The second kappa shape index (κ2) is 5.24. The average molecular weight is 321 g/mol. The third-order valence-electron chi connectivity index (χ3n) is 3.85. The number of halogens is 2. The molecule has 2 N–H and O–H groups in total. The molecular weight excluding hydrogens is 307 g/mol. The summed E-state index contributed by atoms with van der Waals surface area (Å²) in [5.41, 5.74) is 1.36. The first-order valence-electron chi connectivity index (χ1n) is 6.59. The first-order valence-corrected chi connectivity index (χ1v) is 7.35. The molecule has 2 amide bonds. The van der Waals surface area contributed by atoms with Gasteiger partial charge in [-0.25, -0.2) is 4.79 Å². The maximum absolute atomic E-state index is 11.9. The number of carbonyl (C=O) groups excluding carboxylic acids is 1. The summed E-state index contributed by atoms with van der Waals surface area (Å²) in [6, 6.07) is 14.6. The van der Waals surface area contributed by atoms with Crippen molar-refractivity contribution >= 4 is 29.2 Å². The first-order chi connectivity index (χ1) is 9.99. The minimum Gasteiger partial charge on any atom is -0.329 e. The van der Waals surface area contributed by atoms with Gasteiger partial charge in [0.2, 0.25) is 0 Å². The van der Waals surface area contributed by atoms with Crippen molar-refractivity contribution in [3.63, 3.8) is 0 Å². The number of rotatable bonds is 2. The predicted octanol–water partition coefficient (Wildman–Crippen LogP) is 4.26. The maximum atomic E-state index is 11.9. The number of amides is 2. The van der Waals surface area contributed by atoms with Gasteiger partial charge in [0, 0.05) is 10.0 Å². The monoisotopic (exact) mass is 320 g/mol. The Kier molecular flexibility index (Phi) is 3.56. The number of carbonyl (C=O) groups is 1. The molecule has 2 atom stereocenters. The average Bonchev–Trinajstić information content (AvgIpc) is 2.76. The number of urea groups is 1. The van der Waals surface area contributed by atoms with E-state index in [1.165, 1.54) is 0 Å². The molecule has 3 nitrogen and oxygen atoms in total. The molecule has 0 aromatic heterocycles. The molecular formula is C16H14Cl2N2O. The second-order valence-electron chi connectivity index (χ2n) is 5.30. The SMILES string of the molecule is CC1(c2cccc(Cl)c2)NC(=O)NC1c1ccc(Cl)cc1. The summed E-state index contributed by atoms with van der Waals surface area (Å²) in [4.78, 5) is 11.9. The molecule has 108 valence electrons. The summed E-state index contributed by atoms with van der Waals surface area (Å²) < 4.78 is 0. The zero-order chi connectivity index (χ0) is 15.0. The Bertz CT molecular complexity index is 687. The van der Waals surface area contributed by atoms with Crippen LogP contribution in [0.3, 0.4) is 0 Å². The molecule has 2 unspecified atom stereocenters. The molecule has 21 heavy (non-hydrogen) atoms. The highest BCUT2D eigenvalue weighted by molar-refractivity contribution is 6.30. The third-order valence-corrected chi connectivity index (χ3v) is 4.34. The summed E-state index contributed by atoms with van der Waals surface area (Å²) in [6.07, 6.45) is 0. The van der Waals surface area contributed by atoms with E-state index in [2.05, 4.69) is 10.6 Å². The predicted molar refractivity (Wildman–Crippen MR) is 84.7 cm³/mol. The van der Waals surface area contributed by atoms with Crippen LogP contribution in [0.1, 0.15) is 24.1 Å². The summed E-state index contributed by atoms with van der Waals surface area (Å²) in [5.74, 6) is 0. The van der Waals surface area contributed by atoms with Gasteiger partial charge in [-0.3, -0.25) is 0 Å². The van der Waals surface area contributed by atoms with E-state index in [0.717, 1.165) is 11.1 Å². The topological polar surface area (TPSA) is 41.1 Å². The fourth-order valence-corrected chi connectivity index (χ4v) is 3.06. The van der Waals surface area contributed by atoms with E-state index >= 15 is 0 Å². The maximum Gasteiger partial charge on any atom is 0.316 e. The number of hydrogen-bond donors (Lipinski definition) is 2. The highest BCUT2D eigenvalue weighted by Crippen LogP contribution is 2.39. The van der Waals surface area contributed by atoms with Crippen molar-refractivity contribution in [2.75, 3.05) is 0 Å². The molecule has 0 bridgehead atoms. The lowest BCUT2D eigenvalue weighted by atomic mass is 9.82. The van der Waals surface area contributed by atoms with Crippen molar-refractivity contribution in [3.05, 3.63) is 69.7 Å². The van der Waals surface area contributed by atoms with Crippen molar-refractivity contribution in [2.45, 2.75) is 18.5 Å². The van der Waals surface area contributed by atoms with Gasteiger partial charge >= 0.3 is 6.03 Å². The van der Waals surface area contributed by atoms with Gasteiger partial charge in [-0.15, -0.1) is 0 Å². The second-order valence-corrected chi connectivity index (χ2v) is 6.17. The van der Waals surface area contributed by atoms with Crippen molar-refractivity contribution in [1.82, 2.24) is 10.6 Å². The van der Waals surface area contributed by atoms with Gasteiger partial charge < -0.3 is 10.6 Å². The Hall–Kier alpha value is -1.71. The number of nitrogens with one attached hydrogen (secondary N) is 2. The van der Waals surface area contributed by atoms with Crippen LogP contribution >= 0.6 is 23.2 Å². The Labute approximate surface area is 133 Å². The fourth-order valence-electron chi connectivity index (χ4n) is 2.74. The van der Waals surface area contributed by atoms with Crippen LogP contribution in [0.15, 0.2) is 48.5 Å². The van der Waals surface area contributed by atoms with Gasteiger partial charge in [0.25, 0.3) is 0 Å². The standard InChI is InChI=1S/C16H14Cl2N2O/c1-16(11-3-2-4-13(18)9-11)14(19-15(21)20-16)10-5-7-12(17)8-6-10/h2-9,14H,1H3,(H2,19,20,21). The molecule has 1 aliphatic rings. The first kappa shape index (κ1) is 14.2. The van der Waals surface area contributed by atoms with E-state index in [1.54, 1.807) is 0 Å². The van der Waals surface area contributed by atoms with Crippen LogP contribution < -0.4 is 10.6 Å². The molecule has 2 aromatic rings. The lowest BCUT2D eigenvalue weighted by molar-refractivity contribution is 0.245. The van der Waals surface area contributed by atoms with Crippen LogP contribution in [0.25, 0.3) is 0 Å². The van der Waals surface area contributed by atoms with Gasteiger partial charge in [-0.1, -0.05) is 47.5 Å². The highest BCUT2D eigenvalue weighted by atomic mass is 35.5. The summed E-state index contributed by atoms with van der Waals surface area (Å²) in [7, 11) is 0. The fraction of sp³-hybridized carbons (Fsp3) is 0.188. The van der Waals surface area contributed by atoms with Gasteiger partial charge in [0.05, 0.1) is 11.6 Å². The molecule has 0 saturated carbocycles. The van der Waals surface area contributed by atoms with Crippen LogP contribution in [0, 0.1) is 0 Å². The lowest BCUT2D eigenvalue weighted by Crippen LogP contribution is -2.39. The van der Waals surface area contributed by atoms with Crippen molar-refractivity contribution < 1.29 is 4.79 Å². The van der Waals surface area contributed by atoms with E-state index in [1.807, 2.05) is 55.5 Å². The molecule has 0 aliphatic carbocycles. The van der Waals surface area contributed by atoms with E-state index in [0.29, 0.717) is 10.0 Å². The quantitative estimate of drug-likeness (QED) is 0.852. The van der Waals surface area contributed by atoms with Crippen molar-refractivity contribution in [3.8, 4) is 0 Å². The van der Waals surface area contributed by atoms with Crippen LogP contribution in [-0.2, 0) is 5.54 Å². The van der Waals surface area contributed by atoms with Crippen LogP contribution in [-0.4, -0.2) is 6.03 Å². The minimum atomic E-state index is -0.574. The third kappa shape index (κ3) is 2.59. The zero-order valence-electron chi connectivity index (χ0n) is 11.4. The van der Waals surface area contributed by atoms with Crippen LogP contribution in [0.4, 0.5) is 4.79 Å². The van der Waals surface area contributed by atoms with E-state index in [-0.39, 0.29) is 12.1 Å². The molecule has 1 saturated heterocycles. The molecule has 1 aliphatic heterocycles. The summed E-state index contributed by atoms with van der Waals surface area (Å²) in [5, 5.41) is 7.27. The Morgan fingerprint density at radius 3 is 2.43 bits per heavy atom.